The lowest BCUT2D eigenvalue weighted by atomic mass is 9.97. The molecule has 1 unspecified atom stereocenters. The highest BCUT2D eigenvalue weighted by molar-refractivity contribution is 6.32. The summed E-state index contributed by atoms with van der Waals surface area (Å²) in [6, 6.07) is 5.91. The monoisotopic (exact) mass is 381 g/mol. The number of rotatable bonds is 4. The number of aromatic nitrogens is 2. The summed E-state index contributed by atoms with van der Waals surface area (Å²) in [7, 11) is 0. The number of nitrogens with one attached hydrogen (secondary N) is 2. The molecule has 2 aliphatic rings. The molecule has 0 radical (unpaired) electrons. The lowest BCUT2D eigenvalue weighted by molar-refractivity contribution is 0.377. The second-order valence-electron chi connectivity index (χ2n) is 6.44. The molecule has 0 fully saturated rings. The van der Waals surface area contributed by atoms with Crippen LogP contribution in [-0.4, -0.2) is 22.5 Å². The molecule has 6 nitrogen and oxygen atoms in total. The maximum absolute atomic E-state index is 6.26. The average molecular weight is 382 g/mol. The van der Waals surface area contributed by atoms with Crippen molar-refractivity contribution < 1.29 is 4.74 Å². The fraction of sp³-hybridized carbons (Fsp3) is 0.200. The number of ether oxygens (including phenoxy) is 1. The summed E-state index contributed by atoms with van der Waals surface area (Å²) in [6.45, 7) is 0.942. The zero-order valence-corrected chi connectivity index (χ0v) is 15.4. The van der Waals surface area contributed by atoms with Crippen LogP contribution in [-0.2, 0) is 6.54 Å². The average Bonchev–Trinajstić information content (AvgIpc) is 2.98. The second kappa shape index (κ2) is 7.72. The molecule has 1 aromatic carbocycles. The van der Waals surface area contributed by atoms with Crippen LogP contribution in [0.25, 0.3) is 0 Å². The number of halogens is 1. The molecule has 27 heavy (non-hydrogen) atoms. The Morgan fingerprint density at radius 3 is 3.07 bits per heavy atom. The number of H-pyrrole nitrogens is 1. The van der Waals surface area contributed by atoms with E-state index in [1.165, 1.54) is 0 Å². The molecule has 1 atom stereocenters. The predicted molar refractivity (Wildman–Crippen MR) is 109 cm³/mol. The van der Waals surface area contributed by atoms with Crippen LogP contribution >= 0.6 is 11.6 Å². The van der Waals surface area contributed by atoms with Gasteiger partial charge in [-0.3, -0.25) is 10.1 Å². The molecule has 2 heterocycles. The van der Waals surface area contributed by atoms with Crippen molar-refractivity contribution in [2.45, 2.75) is 13.0 Å². The van der Waals surface area contributed by atoms with E-state index in [4.69, 9.17) is 22.1 Å². The SMILES string of the molecule is NC(=CC1=NCc2ccc(Nc3cn[nH]c3Cl)cc2OC1)C1C=CC=CC1. The molecule has 0 spiro atoms. The minimum absolute atomic E-state index is 0.221. The van der Waals surface area contributed by atoms with Gasteiger partial charge in [-0.25, -0.2) is 0 Å². The van der Waals surface area contributed by atoms with E-state index in [1.807, 2.05) is 36.4 Å². The van der Waals surface area contributed by atoms with E-state index in [0.717, 1.165) is 34.8 Å². The van der Waals surface area contributed by atoms with E-state index in [1.54, 1.807) is 6.20 Å². The van der Waals surface area contributed by atoms with Gasteiger partial charge in [-0.15, -0.1) is 0 Å². The zero-order chi connectivity index (χ0) is 18.6. The Labute approximate surface area is 162 Å². The maximum atomic E-state index is 6.26. The van der Waals surface area contributed by atoms with Crippen LogP contribution in [0.5, 0.6) is 5.75 Å². The molecule has 0 amide bonds. The molecule has 0 saturated heterocycles. The van der Waals surface area contributed by atoms with Gasteiger partial charge in [-0.1, -0.05) is 42.0 Å². The van der Waals surface area contributed by atoms with Crippen molar-refractivity contribution in [3.05, 3.63) is 71.2 Å². The number of aliphatic imine (C=N–C) groups is 1. The smallest absolute Gasteiger partial charge is 0.147 e. The highest BCUT2D eigenvalue weighted by Gasteiger charge is 2.14. The summed E-state index contributed by atoms with van der Waals surface area (Å²) in [6.07, 6.45) is 12.8. The first-order valence-corrected chi connectivity index (χ1v) is 9.12. The Kier molecular flexibility index (Phi) is 4.98. The van der Waals surface area contributed by atoms with Crippen molar-refractivity contribution in [1.29, 1.82) is 0 Å². The Balaban J connectivity index is 1.47. The van der Waals surface area contributed by atoms with Gasteiger partial charge in [0.05, 0.1) is 24.1 Å². The van der Waals surface area contributed by atoms with Gasteiger partial charge >= 0.3 is 0 Å². The third kappa shape index (κ3) is 4.06. The zero-order valence-electron chi connectivity index (χ0n) is 14.7. The molecule has 0 saturated carbocycles. The normalized spacial score (nSPS) is 19.1. The Morgan fingerprint density at radius 2 is 2.30 bits per heavy atom. The Hall–Kier alpha value is -2.99. The standard InChI is InChI=1S/C20H20ClN5O/c21-20-18(11-24-26-20)25-15-7-6-14-10-23-16(12-27-19(14)9-15)8-17(22)13-4-2-1-3-5-13/h1-4,6-9,11,13,25H,5,10,12,22H2,(H,24,26). The van der Waals surface area contributed by atoms with Gasteiger partial charge in [0.2, 0.25) is 0 Å². The van der Waals surface area contributed by atoms with Crippen LogP contribution in [0.1, 0.15) is 12.0 Å². The summed E-state index contributed by atoms with van der Waals surface area (Å²) >= 11 is 6.03. The molecule has 7 heteroatoms. The van der Waals surface area contributed by atoms with Gasteiger partial charge in [0.15, 0.2) is 0 Å². The molecule has 2 aromatic rings. The first kappa shape index (κ1) is 17.4. The van der Waals surface area contributed by atoms with Crippen LogP contribution in [0.3, 0.4) is 0 Å². The van der Waals surface area contributed by atoms with Gasteiger partial charge < -0.3 is 15.8 Å². The molecule has 138 valence electrons. The quantitative estimate of drug-likeness (QED) is 0.743. The molecule has 4 rings (SSSR count). The number of allylic oxidation sites excluding steroid dienone is 4. The number of nitrogens with zero attached hydrogens (tertiary/aromatic N) is 2. The molecule has 1 aliphatic carbocycles. The largest absolute Gasteiger partial charge is 0.487 e. The Bertz CT molecular complexity index is 957. The van der Waals surface area contributed by atoms with E-state index in [9.17, 15) is 0 Å². The van der Waals surface area contributed by atoms with E-state index < -0.39 is 0 Å². The fourth-order valence-electron chi connectivity index (χ4n) is 3.01. The predicted octanol–water partition coefficient (Wildman–Crippen LogP) is 4.12. The number of hydrogen-bond acceptors (Lipinski definition) is 5. The minimum Gasteiger partial charge on any atom is -0.487 e. The molecular weight excluding hydrogens is 362 g/mol. The topological polar surface area (TPSA) is 88.3 Å². The summed E-state index contributed by atoms with van der Waals surface area (Å²) in [5, 5.41) is 10.3. The molecule has 0 bridgehead atoms. The number of anilines is 2. The van der Waals surface area contributed by atoms with Gasteiger partial charge in [0.1, 0.15) is 17.5 Å². The lowest BCUT2D eigenvalue weighted by Gasteiger charge is -2.14. The van der Waals surface area contributed by atoms with Crippen LogP contribution in [0, 0.1) is 5.92 Å². The summed E-state index contributed by atoms with van der Waals surface area (Å²) < 4.78 is 5.98. The third-order valence-electron chi connectivity index (χ3n) is 4.51. The Morgan fingerprint density at radius 1 is 1.37 bits per heavy atom. The van der Waals surface area contributed by atoms with E-state index in [-0.39, 0.29) is 5.92 Å². The van der Waals surface area contributed by atoms with Gasteiger partial charge in [0.25, 0.3) is 0 Å². The summed E-state index contributed by atoms with van der Waals surface area (Å²) in [4.78, 5) is 4.66. The van der Waals surface area contributed by atoms with Crippen molar-refractivity contribution in [2.75, 3.05) is 11.9 Å². The summed E-state index contributed by atoms with van der Waals surface area (Å²) in [5.74, 6) is 1.02. The second-order valence-corrected chi connectivity index (χ2v) is 6.82. The molecule has 1 aliphatic heterocycles. The van der Waals surface area contributed by atoms with Crippen LogP contribution < -0.4 is 15.8 Å². The highest BCUT2D eigenvalue weighted by atomic mass is 35.5. The van der Waals surface area contributed by atoms with E-state index in [0.29, 0.717) is 24.0 Å². The van der Waals surface area contributed by atoms with Crippen LogP contribution in [0.2, 0.25) is 5.15 Å². The first-order valence-electron chi connectivity index (χ1n) is 8.74. The van der Waals surface area contributed by atoms with Gasteiger partial charge in [0, 0.05) is 28.9 Å². The van der Waals surface area contributed by atoms with Crippen LogP contribution in [0.4, 0.5) is 11.4 Å². The first-order chi connectivity index (χ1) is 13.2. The summed E-state index contributed by atoms with van der Waals surface area (Å²) in [5.41, 5.74) is 10.5. The van der Waals surface area contributed by atoms with Gasteiger partial charge in [-0.2, -0.15) is 5.10 Å². The van der Waals surface area contributed by atoms with E-state index in [2.05, 4.69) is 32.7 Å². The van der Waals surface area contributed by atoms with Crippen molar-refractivity contribution in [3.63, 3.8) is 0 Å². The number of nitrogens with two attached hydrogens (primary N) is 1. The molecule has 1 aromatic heterocycles. The van der Waals surface area contributed by atoms with Crippen molar-refractivity contribution in [2.24, 2.45) is 16.6 Å². The highest BCUT2D eigenvalue weighted by Crippen LogP contribution is 2.29. The number of aromatic amines is 1. The molecule has 4 N–H and O–H groups in total. The number of fused-ring (bicyclic) bond motifs is 1. The fourth-order valence-corrected chi connectivity index (χ4v) is 3.15. The van der Waals surface area contributed by atoms with Crippen molar-refractivity contribution in [3.8, 4) is 5.75 Å². The lowest BCUT2D eigenvalue weighted by Crippen LogP contribution is -2.15. The van der Waals surface area contributed by atoms with Crippen molar-refractivity contribution >= 4 is 28.7 Å². The van der Waals surface area contributed by atoms with Gasteiger partial charge in [-0.05, 0) is 18.6 Å². The maximum Gasteiger partial charge on any atom is 0.147 e. The van der Waals surface area contributed by atoms with Crippen molar-refractivity contribution in [1.82, 2.24) is 10.2 Å². The van der Waals surface area contributed by atoms with E-state index >= 15 is 0 Å². The third-order valence-corrected chi connectivity index (χ3v) is 4.80. The minimum atomic E-state index is 0.221. The van der Waals surface area contributed by atoms with Crippen LogP contribution in [0.15, 0.2) is 65.5 Å². The molecular formula is C20H20ClN5O. The number of hydrogen-bond donors (Lipinski definition) is 3. The number of benzene rings is 1.